The Balaban J connectivity index is 3.06. The normalized spacial score (nSPS) is 12.4. The quantitative estimate of drug-likeness (QED) is 0.0807. The highest BCUT2D eigenvalue weighted by Gasteiger charge is 1.98. The number of hydrogen-bond donors (Lipinski definition) is 1. The maximum atomic E-state index is 9.36. The number of halogens is 1. The van der Waals surface area contributed by atoms with Gasteiger partial charge < -0.3 is 5.11 Å². The maximum absolute atomic E-state index is 9.36. The third kappa shape index (κ3) is 24.4. The maximum Gasteiger partial charge on any atom is 0.0984 e. The fourth-order valence-electron chi connectivity index (χ4n) is 4.07. The fraction of sp³-hybridized carbons (Fsp3) is 0.926. The van der Waals surface area contributed by atoms with E-state index in [1.165, 1.54) is 141 Å². The van der Waals surface area contributed by atoms with Gasteiger partial charge in [0.05, 0.1) is 5.76 Å². The molecule has 0 heterocycles. The molecule has 1 N–H and O–H groups in total. The van der Waals surface area contributed by atoms with Crippen molar-refractivity contribution < 1.29 is 5.11 Å². The molecule has 174 valence electrons. The lowest BCUT2D eigenvalue weighted by Crippen LogP contribution is -1.85. The first kappa shape index (κ1) is 29.3. The minimum absolute atomic E-state index is 0.508. The molecule has 0 aromatic heterocycles. The predicted molar refractivity (Wildman–Crippen MR) is 141 cm³/mol. The van der Waals surface area contributed by atoms with E-state index in [2.05, 4.69) is 29.5 Å². The van der Waals surface area contributed by atoms with Crippen molar-refractivity contribution in [3.63, 3.8) is 0 Å². The average Bonchev–Trinajstić information content (AvgIpc) is 2.71. The zero-order chi connectivity index (χ0) is 21.4. The number of aliphatic hydroxyl groups is 1. The van der Waals surface area contributed by atoms with Gasteiger partial charge in [0, 0.05) is 3.58 Å². The second kappa shape index (κ2) is 24.5. The van der Waals surface area contributed by atoms with Crippen LogP contribution in [0, 0.1) is 0 Å². The van der Waals surface area contributed by atoms with Crippen LogP contribution in [-0.2, 0) is 0 Å². The zero-order valence-electron chi connectivity index (χ0n) is 20.1. The molecule has 0 atom stereocenters. The van der Waals surface area contributed by atoms with Crippen LogP contribution in [0.4, 0.5) is 0 Å². The van der Waals surface area contributed by atoms with Crippen LogP contribution in [0.15, 0.2) is 9.34 Å². The number of unbranched alkanes of at least 4 members (excludes halogenated alkanes) is 21. The molecule has 1 nitrogen and oxygen atoms in total. The van der Waals surface area contributed by atoms with E-state index in [1.807, 2.05) is 0 Å². The average molecular weight is 521 g/mol. The van der Waals surface area contributed by atoms with Crippen molar-refractivity contribution >= 4 is 22.6 Å². The van der Waals surface area contributed by atoms with E-state index in [-0.39, 0.29) is 0 Å². The molecule has 0 saturated heterocycles. The summed E-state index contributed by atoms with van der Waals surface area (Å²) in [5, 5.41) is 9.36. The van der Waals surface area contributed by atoms with Gasteiger partial charge >= 0.3 is 0 Å². The number of hydrogen-bond acceptors (Lipinski definition) is 1. The molecule has 29 heavy (non-hydrogen) atoms. The lowest BCUT2D eigenvalue weighted by atomic mass is 10.0. The van der Waals surface area contributed by atoms with E-state index in [1.54, 1.807) is 6.92 Å². The minimum Gasteiger partial charge on any atom is -0.512 e. The first-order chi connectivity index (χ1) is 14.2. The lowest BCUT2D eigenvalue weighted by Gasteiger charge is -2.04. The largest absolute Gasteiger partial charge is 0.512 e. The standard InChI is InChI=1S/C27H53IO/c1-3-4-5-6-7-8-9-10-11-12-13-14-15-16-17-18-19-20-21-22-23-24-25-27(28)26(2)29/h29H,3-25H2,1-2H3/b27-26+. The van der Waals surface area contributed by atoms with Crippen molar-refractivity contribution in [3.05, 3.63) is 9.34 Å². The lowest BCUT2D eigenvalue weighted by molar-refractivity contribution is 0.409. The topological polar surface area (TPSA) is 20.2 Å². The summed E-state index contributed by atoms with van der Waals surface area (Å²) < 4.78 is 1.13. The molecule has 0 saturated carbocycles. The predicted octanol–water partition coefficient (Wildman–Crippen LogP) is 11.2. The van der Waals surface area contributed by atoms with Crippen molar-refractivity contribution in [3.8, 4) is 0 Å². The van der Waals surface area contributed by atoms with Crippen molar-refractivity contribution in [2.75, 3.05) is 0 Å². The van der Waals surface area contributed by atoms with Gasteiger partial charge in [-0.3, -0.25) is 0 Å². The Labute approximate surface area is 198 Å². The van der Waals surface area contributed by atoms with E-state index < -0.39 is 0 Å². The monoisotopic (exact) mass is 520 g/mol. The van der Waals surface area contributed by atoms with Crippen molar-refractivity contribution in [2.45, 2.75) is 162 Å². The molecule has 0 spiro atoms. The third-order valence-corrected chi connectivity index (χ3v) is 7.46. The molecule has 0 rings (SSSR count). The Morgan fingerprint density at radius 2 is 0.724 bits per heavy atom. The van der Waals surface area contributed by atoms with Crippen LogP contribution >= 0.6 is 22.6 Å². The van der Waals surface area contributed by atoms with Gasteiger partial charge in [0.15, 0.2) is 0 Å². The van der Waals surface area contributed by atoms with Crippen molar-refractivity contribution in [1.82, 2.24) is 0 Å². The van der Waals surface area contributed by atoms with Crippen LogP contribution in [0.2, 0.25) is 0 Å². The summed E-state index contributed by atoms with van der Waals surface area (Å²) in [6, 6.07) is 0. The molecule has 0 radical (unpaired) electrons. The molecular weight excluding hydrogens is 467 g/mol. The van der Waals surface area contributed by atoms with E-state index in [0.29, 0.717) is 5.76 Å². The highest BCUT2D eigenvalue weighted by molar-refractivity contribution is 14.1. The molecule has 0 amide bonds. The molecule has 0 fully saturated rings. The number of allylic oxidation sites excluding steroid dienone is 2. The molecule has 0 aromatic carbocycles. The van der Waals surface area contributed by atoms with Crippen molar-refractivity contribution in [2.24, 2.45) is 0 Å². The Hall–Kier alpha value is 0.270. The molecule has 0 bridgehead atoms. The summed E-state index contributed by atoms with van der Waals surface area (Å²) in [5.41, 5.74) is 0. The molecule has 0 unspecified atom stereocenters. The molecule has 0 aromatic rings. The van der Waals surface area contributed by atoms with Gasteiger partial charge in [0.1, 0.15) is 0 Å². The van der Waals surface area contributed by atoms with E-state index in [4.69, 9.17) is 0 Å². The van der Waals surface area contributed by atoms with Crippen LogP contribution < -0.4 is 0 Å². The minimum atomic E-state index is 0.508. The first-order valence-electron chi connectivity index (χ1n) is 13.2. The molecule has 0 aliphatic heterocycles. The van der Waals surface area contributed by atoms with Crippen LogP contribution in [0.3, 0.4) is 0 Å². The van der Waals surface area contributed by atoms with Crippen molar-refractivity contribution in [1.29, 1.82) is 0 Å². The Bertz CT molecular complexity index is 346. The van der Waals surface area contributed by atoms with Gasteiger partial charge in [0.2, 0.25) is 0 Å². The highest BCUT2D eigenvalue weighted by atomic mass is 127. The second-order valence-electron chi connectivity index (χ2n) is 9.16. The fourth-order valence-corrected chi connectivity index (χ4v) is 4.45. The Kier molecular flexibility index (Phi) is 24.8. The van der Waals surface area contributed by atoms with E-state index in [0.717, 1.165) is 10.0 Å². The Morgan fingerprint density at radius 1 is 0.483 bits per heavy atom. The smallest absolute Gasteiger partial charge is 0.0984 e. The molecule has 0 aliphatic carbocycles. The summed E-state index contributed by atoms with van der Waals surface area (Å²) in [6.07, 6.45) is 32.6. The summed E-state index contributed by atoms with van der Waals surface area (Å²) in [5.74, 6) is 0.508. The highest BCUT2D eigenvalue weighted by Crippen LogP contribution is 2.20. The van der Waals surface area contributed by atoms with Gasteiger partial charge in [-0.1, -0.05) is 142 Å². The van der Waals surface area contributed by atoms with Crippen LogP contribution in [-0.4, -0.2) is 5.11 Å². The number of aliphatic hydroxyl groups excluding tert-OH is 1. The van der Waals surface area contributed by atoms with Gasteiger partial charge in [-0.05, 0) is 42.4 Å². The zero-order valence-corrected chi connectivity index (χ0v) is 22.2. The SMILES string of the molecule is CCCCCCCCCCCCCCCCCCCCCCCC/C(I)=C(/C)O. The van der Waals surface area contributed by atoms with E-state index in [9.17, 15) is 5.11 Å². The summed E-state index contributed by atoms with van der Waals surface area (Å²) in [7, 11) is 0. The van der Waals surface area contributed by atoms with Gasteiger partial charge in [-0.25, -0.2) is 0 Å². The number of rotatable bonds is 23. The van der Waals surface area contributed by atoms with E-state index >= 15 is 0 Å². The first-order valence-corrected chi connectivity index (χ1v) is 14.3. The summed E-state index contributed by atoms with van der Waals surface area (Å²) in [6.45, 7) is 4.09. The summed E-state index contributed by atoms with van der Waals surface area (Å²) >= 11 is 2.27. The van der Waals surface area contributed by atoms with Crippen LogP contribution in [0.1, 0.15) is 162 Å². The van der Waals surface area contributed by atoms with Gasteiger partial charge in [-0.15, -0.1) is 0 Å². The van der Waals surface area contributed by atoms with Crippen LogP contribution in [0.25, 0.3) is 0 Å². The summed E-state index contributed by atoms with van der Waals surface area (Å²) in [4.78, 5) is 0. The molecule has 0 aliphatic rings. The molecule has 2 heteroatoms. The van der Waals surface area contributed by atoms with Gasteiger partial charge in [0.25, 0.3) is 0 Å². The second-order valence-corrected chi connectivity index (χ2v) is 10.5. The van der Waals surface area contributed by atoms with Gasteiger partial charge in [-0.2, -0.15) is 0 Å². The third-order valence-electron chi connectivity index (χ3n) is 6.14. The Morgan fingerprint density at radius 3 is 0.966 bits per heavy atom. The molecular formula is C27H53IO. The van der Waals surface area contributed by atoms with Crippen LogP contribution in [0.5, 0.6) is 0 Å².